The molecular weight excluding hydrogens is 447 g/mol. The van der Waals surface area contributed by atoms with Crippen LogP contribution in [0.2, 0.25) is 0 Å². The first-order chi connectivity index (χ1) is 16.0. The molecule has 0 radical (unpaired) electrons. The summed E-state index contributed by atoms with van der Waals surface area (Å²) in [5.41, 5.74) is -0.548. The normalized spacial score (nSPS) is 20.0. The fraction of sp³-hybridized carbons (Fsp3) is 0.500. The second-order valence-electron chi connectivity index (χ2n) is 9.68. The molecule has 1 amide bonds. The maximum absolute atomic E-state index is 13.0. The molecule has 34 heavy (non-hydrogen) atoms. The minimum Gasteiger partial charge on any atom is -0.486 e. The van der Waals surface area contributed by atoms with E-state index in [0.717, 1.165) is 17.7 Å². The quantitative estimate of drug-likeness (QED) is 0.534. The number of halogens is 3. The Labute approximate surface area is 198 Å². The van der Waals surface area contributed by atoms with Crippen LogP contribution in [0.25, 0.3) is 0 Å². The van der Waals surface area contributed by atoms with Crippen LogP contribution < -0.4 is 4.74 Å². The van der Waals surface area contributed by atoms with Crippen LogP contribution in [0.3, 0.4) is 0 Å². The molecule has 8 heteroatoms. The summed E-state index contributed by atoms with van der Waals surface area (Å²) in [6.45, 7) is 5.89. The Kier molecular flexibility index (Phi) is 8.13. The number of rotatable bonds is 6. The monoisotopic (exact) mass is 479 g/mol. The van der Waals surface area contributed by atoms with Gasteiger partial charge >= 0.3 is 12.3 Å². The zero-order chi connectivity index (χ0) is 24.9. The molecule has 0 aromatic heterocycles. The Hall–Kier alpha value is -2.74. The lowest BCUT2D eigenvalue weighted by molar-refractivity contribution is -0.137. The molecule has 1 saturated heterocycles. The molecule has 186 valence electrons. The van der Waals surface area contributed by atoms with Gasteiger partial charge in [0.1, 0.15) is 17.5 Å². The molecule has 5 nitrogen and oxygen atoms in total. The molecule has 1 heterocycles. The van der Waals surface area contributed by atoms with E-state index in [4.69, 9.17) is 9.47 Å². The zero-order valence-corrected chi connectivity index (χ0v) is 19.7. The minimum absolute atomic E-state index is 0.0222. The number of ether oxygens (including phenoxy) is 2. The highest BCUT2D eigenvalue weighted by molar-refractivity contribution is 5.68. The van der Waals surface area contributed by atoms with Crippen LogP contribution in [0, 0.1) is 5.92 Å². The van der Waals surface area contributed by atoms with E-state index in [2.05, 4.69) is 0 Å². The summed E-state index contributed by atoms with van der Waals surface area (Å²) in [6.07, 6.45) is -3.70. The summed E-state index contributed by atoms with van der Waals surface area (Å²) in [4.78, 5) is 14.6. The van der Waals surface area contributed by atoms with Gasteiger partial charge in [-0.25, -0.2) is 4.79 Å². The van der Waals surface area contributed by atoms with Gasteiger partial charge in [-0.3, -0.25) is 0 Å². The van der Waals surface area contributed by atoms with Crippen molar-refractivity contribution in [3.8, 4) is 5.75 Å². The van der Waals surface area contributed by atoms with Crippen molar-refractivity contribution in [2.75, 3.05) is 13.2 Å². The van der Waals surface area contributed by atoms with Gasteiger partial charge in [-0.2, -0.15) is 13.2 Å². The number of aliphatic hydroxyl groups is 1. The van der Waals surface area contributed by atoms with Crippen molar-refractivity contribution in [2.45, 2.75) is 64.0 Å². The third-order valence-corrected chi connectivity index (χ3v) is 5.83. The second-order valence-corrected chi connectivity index (χ2v) is 9.68. The van der Waals surface area contributed by atoms with Crippen LogP contribution >= 0.6 is 0 Å². The number of likely N-dealkylation sites (tertiary alicyclic amines) is 1. The van der Waals surface area contributed by atoms with Crippen molar-refractivity contribution >= 4 is 6.09 Å². The molecule has 2 aromatic carbocycles. The van der Waals surface area contributed by atoms with E-state index in [1.807, 2.05) is 30.3 Å². The Morgan fingerprint density at radius 3 is 2.29 bits per heavy atom. The van der Waals surface area contributed by atoms with Crippen LogP contribution in [0.4, 0.5) is 18.0 Å². The number of nitrogens with zero attached hydrogens (tertiary/aromatic N) is 1. The Morgan fingerprint density at radius 1 is 1.09 bits per heavy atom. The number of aliphatic hydroxyl groups excluding tert-OH is 1. The lowest BCUT2D eigenvalue weighted by Gasteiger charge is -2.41. The molecule has 3 rings (SSSR count). The molecule has 0 bridgehead atoms. The standard InChI is InChI=1S/C26H32F3NO4/c1-25(2,3)34-24(32)30-14-13-18(17-31)15-21(30)16-23(19-7-5-4-6-8-19)33-22-11-9-20(10-12-22)26(27,28)29/h4-12,18,21,23,31H,13-17H2,1-3H3. The molecule has 3 atom stereocenters. The van der Waals surface area contributed by atoms with Gasteiger partial charge in [0.05, 0.1) is 5.56 Å². The first-order valence-electron chi connectivity index (χ1n) is 11.5. The molecule has 0 spiro atoms. The highest BCUT2D eigenvalue weighted by Gasteiger charge is 2.36. The van der Waals surface area contributed by atoms with Crippen LogP contribution in [0.15, 0.2) is 54.6 Å². The van der Waals surface area contributed by atoms with Gasteiger partial charge in [0.2, 0.25) is 0 Å². The van der Waals surface area contributed by atoms with Gasteiger partial charge < -0.3 is 19.5 Å². The van der Waals surface area contributed by atoms with Crippen LogP contribution in [0.1, 0.15) is 57.3 Å². The van der Waals surface area contributed by atoms with Crippen molar-refractivity contribution in [1.82, 2.24) is 4.90 Å². The van der Waals surface area contributed by atoms with Crippen molar-refractivity contribution in [1.29, 1.82) is 0 Å². The largest absolute Gasteiger partial charge is 0.486 e. The van der Waals surface area contributed by atoms with E-state index >= 15 is 0 Å². The topological polar surface area (TPSA) is 59.0 Å². The SMILES string of the molecule is CC(C)(C)OC(=O)N1CCC(CO)CC1CC(Oc1ccc(C(F)(F)F)cc1)c1ccccc1. The van der Waals surface area contributed by atoms with Gasteiger partial charge in [-0.1, -0.05) is 30.3 Å². The average Bonchev–Trinajstić information content (AvgIpc) is 2.77. The molecule has 0 saturated carbocycles. The van der Waals surface area contributed by atoms with Gasteiger partial charge in [0.15, 0.2) is 0 Å². The maximum atomic E-state index is 13.0. The molecule has 1 aliphatic rings. The molecule has 1 N–H and O–H groups in total. The molecule has 0 aliphatic carbocycles. The summed E-state index contributed by atoms with van der Waals surface area (Å²) in [6, 6.07) is 13.7. The maximum Gasteiger partial charge on any atom is 0.416 e. The van der Waals surface area contributed by atoms with Gasteiger partial charge in [0, 0.05) is 25.6 Å². The third kappa shape index (κ3) is 7.13. The number of carbonyl (C=O) groups excluding carboxylic acids is 1. The first-order valence-corrected chi connectivity index (χ1v) is 11.5. The predicted octanol–water partition coefficient (Wildman–Crippen LogP) is 6.22. The summed E-state index contributed by atoms with van der Waals surface area (Å²) in [5.74, 6) is 0.353. The lowest BCUT2D eigenvalue weighted by Crippen LogP contribution is -2.49. The number of amides is 1. The summed E-state index contributed by atoms with van der Waals surface area (Å²) < 4.78 is 50.6. The van der Waals surface area contributed by atoms with E-state index in [9.17, 15) is 23.1 Å². The lowest BCUT2D eigenvalue weighted by atomic mass is 9.87. The molecule has 1 aliphatic heterocycles. The van der Waals surface area contributed by atoms with Gasteiger partial charge in [0.25, 0.3) is 0 Å². The van der Waals surface area contributed by atoms with E-state index in [1.54, 1.807) is 25.7 Å². The minimum atomic E-state index is -4.42. The van der Waals surface area contributed by atoms with Crippen LogP contribution in [-0.4, -0.2) is 40.9 Å². The molecule has 1 fully saturated rings. The summed E-state index contributed by atoms with van der Waals surface area (Å²) in [5, 5.41) is 9.74. The van der Waals surface area contributed by atoms with Crippen molar-refractivity contribution in [2.24, 2.45) is 5.92 Å². The molecule has 3 unspecified atom stereocenters. The van der Waals surface area contributed by atoms with E-state index < -0.39 is 29.5 Å². The van der Waals surface area contributed by atoms with Gasteiger partial charge in [-0.15, -0.1) is 0 Å². The van der Waals surface area contributed by atoms with Crippen molar-refractivity contribution < 1.29 is 32.5 Å². The fourth-order valence-electron chi connectivity index (χ4n) is 4.14. The summed E-state index contributed by atoms with van der Waals surface area (Å²) >= 11 is 0. The average molecular weight is 480 g/mol. The number of hydrogen-bond donors (Lipinski definition) is 1. The third-order valence-electron chi connectivity index (χ3n) is 5.83. The number of alkyl halides is 3. The van der Waals surface area contributed by atoms with Gasteiger partial charge in [-0.05, 0) is 69.4 Å². The second kappa shape index (κ2) is 10.7. The predicted molar refractivity (Wildman–Crippen MR) is 122 cm³/mol. The molecule has 2 aromatic rings. The zero-order valence-electron chi connectivity index (χ0n) is 19.7. The fourth-order valence-corrected chi connectivity index (χ4v) is 4.14. The number of piperidine rings is 1. The summed E-state index contributed by atoms with van der Waals surface area (Å²) in [7, 11) is 0. The smallest absolute Gasteiger partial charge is 0.416 e. The number of carbonyl (C=O) groups is 1. The Balaban J connectivity index is 1.85. The first kappa shape index (κ1) is 25.9. The highest BCUT2D eigenvalue weighted by Crippen LogP contribution is 2.35. The van der Waals surface area contributed by atoms with E-state index in [0.29, 0.717) is 31.6 Å². The van der Waals surface area contributed by atoms with Crippen LogP contribution in [-0.2, 0) is 10.9 Å². The van der Waals surface area contributed by atoms with Crippen molar-refractivity contribution in [3.63, 3.8) is 0 Å². The van der Waals surface area contributed by atoms with Crippen LogP contribution in [0.5, 0.6) is 5.75 Å². The number of benzene rings is 2. The Morgan fingerprint density at radius 2 is 1.74 bits per heavy atom. The number of hydrogen-bond acceptors (Lipinski definition) is 4. The van der Waals surface area contributed by atoms with E-state index in [1.165, 1.54) is 12.1 Å². The Bertz CT molecular complexity index is 926. The highest BCUT2D eigenvalue weighted by atomic mass is 19.4. The van der Waals surface area contributed by atoms with Crippen molar-refractivity contribution in [3.05, 3.63) is 65.7 Å². The molecular formula is C26H32F3NO4. The van der Waals surface area contributed by atoms with E-state index in [-0.39, 0.29) is 18.6 Å².